The van der Waals surface area contributed by atoms with E-state index in [9.17, 15) is 14.7 Å². The molecule has 3 rings (SSSR count). The second-order valence-electron chi connectivity index (χ2n) is 7.87. The molecule has 0 saturated carbocycles. The van der Waals surface area contributed by atoms with E-state index >= 15 is 0 Å². The molecule has 1 amide bonds. The van der Waals surface area contributed by atoms with Crippen LogP contribution in [0.25, 0.3) is 10.9 Å². The molecule has 0 unspecified atom stereocenters. The average molecular weight is 422 g/mol. The third kappa shape index (κ3) is 5.72. The Balaban J connectivity index is 1.79. The number of anilines is 1. The summed E-state index contributed by atoms with van der Waals surface area (Å²) in [5, 5.41) is 13.9. The predicted molar refractivity (Wildman–Crippen MR) is 125 cm³/mol. The Kier molecular flexibility index (Phi) is 8.21. The normalized spacial score (nSPS) is 11.0. The Morgan fingerprint density at radius 3 is 2.42 bits per heavy atom. The number of para-hydroxylation sites is 1. The number of aromatic nitrogens is 2. The highest BCUT2D eigenvalue weighted by atomic mass is 16.3. The number of rotatable bonds is 11. The molecule has 0 aliphatic rings. The van der Waals surface area contributed by atoms with Gasteiger partial charge in [-0.2, -0.15) is 0 Å². The van der Waals surface area contributed by atoms with Crippen LogP contribution in [0.1, 0.15) is 68.6 Å². The number of carbonyl (C=O) groups excluding carboxylic acids is 1. The molecular formula is C25H31N3O3. The molecule has 6 heteroatoms. The van der Waals surface area contributed by atoms with Gasteiger partial charge in [0.2, 0.25) is 0 Å². The van der Waals surface area contributed by atoms with Crippen LogP contribution < -0.4 is 10.9 Å². The molecule has 1 aromatic carbocycles. The zero-order valence-corrected chi connectivity index (χ0v) is 18.1. The number of aromatic hydroxyl groups is 1. The van der Waals surface area contributed by atoms with E-state index in [-0.39, 0.29) is 11.3 Å². The Morgan fingerprint density at radius 1 is 1.00 bits per heavy atom. The van der Waals surface area contributed by atoms with Gasteiger partial charge >= 0.3 is 0 Å². The van der Waals surface area contributed by atoms with Crippen LogP contribution in [-0.4, -0.2) is 20.6 Å². The molecule has 0 radical (unpaired) electrons. The fourth-order valence-corrected chi connectivity index (χ4v) is 3.85. The van der Waals surface area contributed by atoms with Crippen LogP contribution in [0.3, 0.4) is 0 Å². The van der Waals surface area contributed by atoms with Crippen molar-refractivity contribution >= 4 is 22.5 Å². The van der Waals surface area contributed by atoms with Crippen LogP contribution in [-0.2, 0) is 6.54 Å². The summed E-state index contributed by atoms with van der Waals surface area (Å²) in [5.41, 5.74) is 0.405. The molecule has 31 heavy (non-hydrogen) atoms. The Labute approximate surface area is 183 Å². The van der Waals surface area contributed by atoms with E-state index in [1.54, 1.807) is 35.0 Å². The lowest BCUT2D eigenvalue weighted by atomic mass is 10.1. The molecule has 2 N–H and O–H groups in total. The molecule has 164 valence electrons. The van der Waals surface area contributed by atoms with Crippen molar-refractivity contribution in [3.63, 3.8) is 0 Å². The maximum absolute atomic E-state index is 13.2. The largest absolute Gasteiger partial charge is 0.506 e. The molecule has 0 bridgehead atoms. The van der Waals surface area contributed by atoms with Crippen LogP contribution in [0.4, 0.5) is 5.69 Å². The SMILES string of the molecule is CCCCCCCCCCn1c(=O)c(C(=O)Nc2cccnc2)c(O)c2ccccc21. The first-order chi connectivity index (χ1) is 15.1. The minimum absolute atomic E-state index is 0.234. The molecule has 0 atom stereocenters. The van der Waals surface area contributed by atoms with Gasteiger partial charge < -0.3 is 15.0 Å². The van der Waals surface area contributed by atoms with Crippen molar-refractivity contribution in [2.45, 2.75) is 64.8 Å². The monoisotopic (exact) mass is 421 g/mol. The van der Waals surface area contributed by atoms with E-state index in [1.165, 1.54) is 38.3 Å². The maximum Gasteiger partial charge on any atom is 0.267 e. The fourth-order valence-electron chi connectivity index (χ4n) is 3.85. The number of benzene rings is 1. The van der Waals surface area contributed by atoms with E-state index in [4.69, 9.17) is 0 Å². The smallest absolute Gasteiger partial charge is 0.267 e. The van der Waals surface area contributed by atoms with Gasteiger partial charge in [-0.25, -0.2) is 0 Å². The number of aryl methyl sites for hydroxylation is 1. The number of fused-ring (bicyclic) bond motifs is 1. The molecule has 2 aromatic heterocycles. The van der Waals surface area contributed by atoms with E-state index in [2.05, 4.69) is 17.2 Å². The topological polar surface area (TPSA) is 84.2 Å². The first kappa shape index (κ1) is 22.5. The van der Waals surface area contributed by atoms with Crippen molar-refractivity contribution in [3.05, 3.63) is 64.7 Å². The second kappa shape index (κ2) is 11.3. The van der Waals surface area contributed by atoms with Crippen molar-refractivity contribution in [1.29, 1.82) is 0 Å². The number of nitrogens with one attached hydrogen (secondary N) is 1. The van der Waals surface area contributed by atoms with Gasteiger partial charge in [0.15, 0.2) is 0 Å². The lowest BCUT2D eigenvalue weighted by Gasteiger charge is -2.15. The number of unbranched alkanes of at least 4 members (excludes halogenated alkanes) is 7. The molecule has 0 saturated heterocycles. The van der Waals surface area contributed by atoms with Crippen molar-refractivity contribution < 1.29 is 9.90 Å². The van der Waals surface area contributed by atoms with Crippen molar-refractivity contribution in [2.75, 3.05) is 5.32 Å². The number of hydrogen-bond donors (Lipinski definition) is 2. The third-order valence-electron chi connectivity index (χ3n) is 5.53. The standard InChI is InChI=1S/C25H31N3O3/c1-2-3-4-5-6-7-8-11-17-28-21-15-10-9-14-20(21)23(29)22(25(28)31)24(30)27-19-13-12-16-26-18-19/h9-10,12-16,18,29H,2-8,11,17H2,1H3,(H,27,30). The summed E-state index contributed by atoms with van der Waals surface area (Å²) in [6.07, 6.45) is 12.4. The van der Waals surface area contributed by atoms with E-state index in [1.807, 2.05) is 12.1 Å². The molecular weight excluding hydrogens is 390 g/mol. The van der Waals surface area contributed by atoms with Crippen LogP contribution in [0.2, 0.25) is 0 Å². The van der Waals surface area contributed by atoms with Gasteiger partial charge in [-0.1, -0.05) is 64.0 Å². The number of amides is 1. The van der Waals surface area contributed by atoms with Gasteiger partial charge in [0.1, 0.15) is 11.3 Å². The van der Waals surface area contributed by atoms with Gasteiger partial charge in [0, 0.05) is 18.1 Å². The summed E-state index contributed by atoms with van der Waals surface area (Å²) < 4.78 is 1.62. The van der Waals surface area contributed by atoms with Crippen molar-refractivity contribution in [1.82, 2.24) is 9.55 Å². The minimum atomic E-state index is -0.633. The first-order valence-electron chi connectivity index (χ1n) is 11.2. The number of carbonyl (C=O) groups is 1. The average Bonchev–Trinajstić information content (AvgIpc) is 2.78. The maximum atomic E-state index is 13.2. The molecule has 0 fully saturated rings. The highest BCUT2D eigenvalue weighted by Crippen LogP contribution is 2.27. The van der Waals surface area contributed by atoms with E-state index < -0.39 is 11.5 Å². The third-order valence-corrected chi connectivity index (χ3v) is 5.53. The molecule has 0 aliphatic carbocycles. The van der Waals surface area contributed by atoms with Crippen molar-refractivity contribution in [2.24, 2.45) is 0 Å². The van der Waals surface area contributed by atoms with Crippen LogP contribution >= 0.6 is 0 Å². The van der Waals surface area contributed by atoms with Crippen molar-refractivity contribution in [3.8, 4) is 5.75 Å². The van der Waals surface area contributed by atoms with Gasteiger partial charge in [-0.3, -0.25) is 14.6 Å². The summed E-state index contributed by atoms with van der Waals surface area (Å²) in [6, 6.07) is 10.5. The quantitative estimate of drug-likeness (QED) is 0.401. The number of nitrogens with zero attached hydrogens (tertiary/aromatic N) is 2. The Morgan fingerprint density at radius 2 is 1.71 bits per heavy atom. The molecule has 3 aromatic rings. The van der Waals surface area contributed by atoms with Gasteiger partial charge in [-0.05, 0) is 30.7 Å². The van der Waals surface area contributed by atoms with Crippen LogP contribution in [0.15, 0.2) is 53.6 Å². The van der Waals surface area contributed by atoms with Crippen LogP contribution in [0.5, 0.6) is 5.75 Å². The van der Waals surface area contributed by atoms with Gasteiger partial charge in [-0.15, -0.1) is 0 Å². The molecule has 0 spiro atoms. The molecule has 0 aliphatic heterocycles. The molecule has 6 nitrogen and oxygen atoms in total. The van der Waals surface area contributed by atoms with Crippen LogP contribution in [0, 0.1) is 0 Å². The zero-order valence-electron chi connectivity index (χ0n) is 18.1. The van der Waals surface area contributed by atoms with E-state index in [0.29, 0.717) is 23.1 Å². The summed E-state index contributed by atoms with van der Waals surface area (Å²) >= 11 is 0. The predicted octanol–water partition coefficient (Wildman–Crippen LogP) is 5.50. The minimum Gasteiger partial charge on any atom is -0.506 e. The first-order valence-corrected chi connectivity index (χ1v) is 11.2. The number of pyridine rings is 2. The summed E-state index contributed by atoms with van der Waals surface area (Å²) in [4.78, 5) is 30.0. The highest BCUT2D eigenvalue weighted by Gasteiger charge is 2.22. The number of hydrogen-bond acceptors (Lipinski definition) is 4. The Bertz CT molecular complexity index is 1060. The van der Waals surface area contributed by atoms with Gasteiger partial charge in [0.05, 0.1) is 17.4 Å². The lowest BCUT2D eigenvalue weighted by Crippen LogP contribution is -2.30. The summed E-state index contributed by atoms with van der Waals surface area (Å²) in [7, 11) is 0. The zero-order chi connectivity index (χ0) is 22.1. The van der Waals surface area contributed by atoms with Gasteiger partial charge in [0.25, 0.3) is 11.5 Å². The Hall–Kier alpha value is -3.15. The summed E-state index contributed by atoms with van der Waals surface area (Å²) in [5.74, 6) is -0.917. The fraction of sp³-hybridized carbons (Fsp3) is 0.400. The van der Waals surface area contributed by atoms with E-state index in [0.717, 1.165) is 19.3 Å². The molecule has 2 heterocycles. The second-order valence-corrected chi connectivity index (χ2v) is 7.87. The lowest BCUT2D eigenvalue weighted by molar-refractivity contribution is 0.102. The highest BCUT2D eigenvalue weighted by molar-refractivity contribution is 6.09. The summed E-state index contributed by atoms with van der Waals surface area (Å²) in [6.45, 7) is 2.73.